The molecular weight excluding hydrogens is 352 g/mol. The molecule has 0 bridgehead atoms. The number of fused-ring (bicyclic) bond motifs is 1. The Morgan fingerprint density at radius 3 is 2.50 bits per heavy atom. The highest BCUT2D eigenvalue weighted by Crippen LogP contribution is 2.20. The molecule has 0 saturated carbocycles. The topological polar surface area (TPSA) is 63.4 Å². The number of aryl methyl sites for hydroxylation is 1. The number of carbonyl (C=O) groups excluding carboxylic acids is 1. The molecule has 2 aromatic carbocycles. The number of pyridine rings is 1. The van der Waals surface area contributed by atoms with Crippen molar-refractivity contribution >= 4 is 22.7 Å². The smallest absolute Gasteiger partial charge is 0.295 e. The lowest BCUT2D eigenvalue weighted by atomic mass is 10.1. The Balaban J connectivity index is 1.76. The summed E-state index contributed by atoms with van der Waals surface area (Å²) in [5, 5.41) is 0.446. The molecule has 0 aliphatic carbocycles. The molecule has 0 saturated heterocycles. The number of carbonyl (C=O) groups is 1. The first-order valence-corrected chi connectivity index (χ1v) is 8.93. The normalized spacial score (nSPS) is 10.8. The van der Waals surface area contributed by atoms with Gasteiger partial charge in [-0.05, 0) is 36.8 Å². The van der Waals surface area contributed by atoms with Crippen LogP contribution >= 0.6 is 0 Å². The van der Waals surface area contributed by atoms with E-state index in [2.05, 4.69) is 4.98 Å². The minimum atomic E-state index is -0.415. The Morgan fingerprint density at radius 2 is 1.75 bits per heavy atom. The van der Waals surface area contributed by atoms with Gasteiger partial charge < -0.3 is 4.42 Å². The summed E-state index contributed by atoms with van der Waals surface area (Å²) in [6, 6.07) is 21.4. The highest BCUT2D eigenvalue weighted by molar-refractivity contribution is 6.04. The molecule has 0 atom stereocenters. The number of nitrogens with zero attached hydrogens (tertiary/aromatic N) is 2. The highest BCUT2D eigenvalue weighted by atomic mass is 16.3. The van der Waals surface area contributed by atoms with Crippen LogP contribution in [-0.4, -0.2) is 10.9 Å². The van der Waals surface area contributed by atoms with Crippen molar-refractivity contribution in [1.29, 1.82) is 0 Å². The van der Waals surface area contributed by atoms with Crippen molar-refractivity contribution in [2.24, 2.45) is 0 Å². The van der Waals surface area contributed by atoms with Gasteiger partial charge in [-0.15, -0.1) is 0 Å². The van der Waals surface area contributed by atoms with Crippen molar-refractivity contribution in [3.05, 3.63) is 106 Å². The van der Waals surface area contributed by atoms with E-state index in [4.69, 9.17) is 4.42 Å². The second-order valence-electron chi connectivity index (χ2n) is 6.54. The number of rotatable bonds is 4. The zero-order chi connectivity index (χ0) is 19.5. The standard InChI is InChI=1S/C23H18N2O3/c1-16-9-11-17(12-10-16)15-25(22-8-4-5-13-24-22)23(27)21-14-19(26)18-6-2-3-7-20(18)28-21/h2-14H,15H2,1H3. The third-order valence-corrected chi connectivity index (χ3v) is 4.48. The van der Waals surface area contributed by atoms with E-state index in [1.807, 2.05) is 37.3 Å². The van der Waals surface area contributed by atoms with Gasteiger partial charge in [0.1, 0.15) is 11.4 Å². The second kappa shape index (κ2) is 7.48. The van der Waals surface area contributed by atoms with E-state index >= 15 is 0 Å². The molecule has 1 amide bonds. The third-order valence-electron chi connectivity index (χ3n) is 4.48. The van der Waals surface area contributed by atoms with Crippen LogP contribution in [0.25, 0.3) is 11.0 Å². The second-order valence-corrected chi connectivity index (χ2v) is 6.54. The number of hydrogen-bond donors (Lipinski definition) is 0. The van der Waals surface area contributed by atoms with Gasteiger partial charge in [0.15, 0.2) is 11.2 Å². The average Bonchev–Trinajstić information content (AvgIpc) is 2.73. The van der Waals surface area contributed by atoms with E-state index in [-0.39, 0.29) is 11.2 Å². The van der Waals surface area contributed by atoms with Crippen molar-refractivity contribution in [2.75, 3.05) is 4.90 Å². The number of anilines is 1. The molecule has 138 valence electrons. The fourth-order valence-corrected chi connectivity index (χ4v) is 2.99. The predicted molar refractivity (Wildman–Crippen MR) is 108 cm³/mol. The summed E-state index contributed by atoms with van der Waals surface area (Å²) in [5.41, 5.74) is 2.23. The summed E-state index contributed by atoms with van der Waals surface area (Å²) < 4.78 is 5.74. The first-order valence-electron chi connectivity index (χ1n) is 8.93. The summed E-state index contributed by atoms with van der Waals surface area (Å²) >= 11 is 0. The number of benzene rings is 2. The summed E-state index contributed by atoms with van der Waals surface area (Å²) in [6.45, 7) is 2.32. The van der Waals surface area contributed by atoms with Gasteiger partial charge >= 0.3 is 0 Å². The van der Waals surface area contributed by atoms with Crippen LogP contribution < -0.4 is 10.3 Å². The van der Waals surface area contributed by atoms with Gasteiger partial charge in [0, 0.05) is 12.3 Å². The van der Waals surface area contributed by atoms with Gasteiger partial charge in [-0.3, -0.25) is 14.5 Å². The summed E-state index contributed by atoms with van der Waals surface area (Å²) in [7, 11) is 0. The Morgan fingerprint density at radius 1 is 1.00 bits per heavy atom. The maximum atomic E-state index is 13.3. The maximum absolute atomic E-state index is 13.3. The molecular formula is C23H18N2O3. The van der Waals surface area contributed by atoms with Gasteiger partial charge in [0.25, 0.3) is 5.91 Å². The van der Waals surface area contributed by atoms with Crippen molar-refractivity contribution in [3.8, 4) is 0 Å². The average molecular weight is 370 g/mol. The predicted octanol–water partition coefficient (Wildman–Crippen LogP) is 4.34. The SMILES string of the molecule is Cc1ccc(CN(C(=O)c2cc(=O)c3ccccc3o2)c2ccccn2)cc1. The van der Waals surface area contributed by atoms with E-state index in [1.54, 1.807) is 42.6 Å². The van der Waals surface area contributed by atoms with Crippen LogP contribution in [0.15, 0.2) is 88.2 Å². The molecule has 4 rings (SSSR count). The zero-order valence-electron chi connectivity index (χ0n) is 15.3. The first kappa shape index (κ1) is 17.7. The fourth-order valence-electron chi connectivity index (χ4n) is 2.99. The van der Waals surface area contributed by atoms with E-state index in [1.165, 1.54) is 11.0 Å². The molecule has 0 spiro atoms. The third kappa shape index (κ3) is 3.55. The summed E-state index contributed by atoms with van der Waals surface area (Å²) in [5.74, 6) is 0.0625. The van der Waals surface area contributed by atoms with Crippen LogP contribution in [0.4, 0.5) is 5.82 Å². The van der Waals surface area contributed by atoms with Crippen LogP contribution in [0.1, 0.15) is 21.7 Å². The van der Waals surface area contributed by atoms with Gasteiger partial charge in [0.05, 0.1) is 11.9 Å². The summed E-state index contributed by atoms with van der Waals surface area (Å²) in [4.78, 5) is 31.5. The minimum Gasteiger partial charge on any atom is -0.451 e. The molecule has 0 aliphatic heterocycles. The monoisotopic (exact) mass is 370 g/mol. The van der Waals surface area contributed by atoms with Crippen LogP contribution in [0.3, 0.4) is 0 Å². The lowest BCUT2D eigenvalue weighted by molar-refractivity contribution is 0.0958. The fraction of sp³-hybridized carbons (Fsp3) is 0.0870. The van der Waals surface area contributed by atoms with E-state index in [9.17, 15) is 9.59 Å². The van der Waals surface area contributed by atoms with E-state index < -0.39 is 5.91 Å². The number of hydrogen-bond acceptors (Lipinski definition) is 4. The molecule has 2 heterocycles. The minimum absolute atomic E-state index is 0.0125. The van der Waals surface area contributed by atoms with Gasteiger partial charge in [-0.1, -0.05) is 48.0 Å². The molecule has 5 heteroatoms. The molecule has 0 aliphatic rings. The molecule has 0 N–H and O–H groups in total. The maximum Gasteiger partial charge on any atom is 0.295 e. The van der Waals surface area contributed by atoms with Crippen LogP contribution in [-0.2, 0) is 6.54 Å². The molecule has 4 aromatic rings. The van der Waals surface area contributed by atoms with Crippen molar-refractivity contribution in [1.82, 2.24) is 4.98 Å². The molecule has 0 unspecified atom stereocenters. The van der Waals surface area contributed by atoms with E-state index in [0.29, 0.717) is 23.3 Å². The van der Waals surface area contributed by atoms with E-state index in [0.717, 1.165) is 11.1 Å². The molecule has 0 radical (unpaired) electrons. The van der Waals surface area contributed by atoms with Gasteiger partial charge in [0.2, 0.25) is 0 Å². The lowest BCUT2D eigenvalue weighted by Crippen LogP contribution is -2.31. The number of amides is 1. The first-order chi connectivity index (χ1) is 13.6. The highest BCUT2D eigenvalue weighted by Gasteiger charge is 2.22. The Hall–Kier alpha value is -3.73. The molecule has 28 heavy (non-hydrogen) atoms. The number of aromatic nitrogens is 1. The van der Waals surface area contributed by atoms with Crippen molar-refractivity contribution in [2.45, 2.75) is 13.5 Å². The molecule has 2 aromatic heterocycles. The largest absolute Gasteiger partial charge is 0.451 e. The quantitative estimate of drug-likeness (QED) is 0.536. The Bertz CT molecular complexity index is 1180. The molecule has 5 nitrogen and oxygen atoms in total. The van der Waals surface area contributed by atoms with Gasteiger partial charge in [-0.2, -0.15) is 0 Å². The zero-order valence-corrected chi connectivity index (χ0v) is 15.3. The molecule has 0 fully saturated rings. The Kier molecular flexibility index (Phi) is 4.72. The number of para-hydroxylation sites is 1. The summed E-state index contributed by atoms with van der Waals surface area (Å²) in [6.07, 6.45) is 1.63. The van der Waals surface area contributed by atoms with Crippen LogP contribution in [0.5, 0.6) is 0 Å². The van der Waals surface area contributed by atoms with Crippen molar-refractivity contribution in [3.63, 3.8) is 0 Å². The van der Waals surface area contributed by atoms with Crippen LogP contribution in [0, 0.1) is 6.92 Å². The Labute approximate surface area is 161 Å². The van der Waals surface area contributed by atoms with Gasteiger partial charge in [-0.25, -0.2) is 4.98 Å². The van der Waals surface area contributed by atoms with Crippen molar-refractivity contribution < 1.29 is 9.21 Å². The lowest BCUT2D eigenvalue weighted by Gasteiger charge is -2.21. The van der Waals surface area contributed by atoms with Crippen LogP contribution in [0.2, 0.25) is 0 Å².